The molecule has 0 saturated carbocycles. The number of methoxy groups -OCH3 is 1. The van der Waals surface area contributed by atoms with E-state index >= 15 is 0 Å². The Morgan fingerprint density at radius 2 is 2.09 bits per heavy atom. The number of thiazole rings is 1. The summed E-state index contributed by atoms with van der Waals surface area (Å²) >= 11 is 6.39. The maximum Gasteiger partial charge on any atom is 0.363 e. The molecule has 3 amide bonds. The Morgan fingerprint density at radius 3 is 2.67 bits per heavy atom. The predicted octanol–water partition coefficient (Wildman–Crippen LogP) is -0.487. The standard InChI is InChI=1S/C16H20ClN5O9S2/c1-3-4-5-31-21-10(8-7-32-16(18-8)19-9(23)6-17)13(24)20-11-12(15(26)30-2)22(14(11)25)33(27,28)29/h7,11-12H,3-6H2,1-2H3,(H,20,24)(H,18,19,23)(H,27,28,29)/b21-10-. The van der Waals surface area contributed by atoms with Gasteiger partial charge in [-0.1, -0.05) is 18.5 Å². The Hall–Kier alpha value is -2.82. The fourth-order valence-corrected chi connectivity index (χ4v) is 4.15. The van der Waals surface area contributed by atoms with Gasteiger partial charge in [0.1, 0.15) is 24.2 Å². The molecule has 33 heavy (non-hydrogen) atoms. The highest BCUT2D eigenvalue weighted by Gasteiger charge is 2.58. The SMILES string of the molecule is CCCCO/N=C(\C(=O)NC1C(=O)N(S(=O)(=O)O)C1C(=O)OC)c1csc(NC(=O)CCl)n1. The van der Waals surface area contributed by atoms with E-state index in [2.05, 4.69) is 25.5 Å². The number of hydrogen-bond acceptors (Lipinski definition) is 11. The van der Waals surface area contributed by atoms with Crippen molar-refractivity contribution >= 4 is 67.8 Å². The summed E-state index contributed by atoms with van der Waals surface area (Å²) in [5.74, 6) is -4.34. The second-order valence-electron chi connectivity index (χ2n) is 6.38. The van der Waals surface area contributed by atoms with Crippen LogP contribution in [0.3, 0.4) is 0 Å². The lowest BCUT2D eigenvalue weighted by atomic mass is 9.98. The largest absolute Gasteiger partial charge is 0.467 e. The Balaban J connectivity index is 2.28. The van der Waals surface area contributed by atoms with Gasteiger partial charge in [0.2, 0.25) is 5.91 Å². The number of nitrogens with zero attached hydrogens (tertiary/aromatic N) is 3. The van der Waals surface area contributed by atoms with Crippen LogP contribution >= 0.6 is 22.9 Å². The molecule has 1 aliphatic rings. The van der Waals surface area contributed by atoms with Gasteiger partial charge < -0.3 is 20.2 Å². The number of nitrogens with one attached hydrogen (secondary N) is 2. The second kappa shape index (κ2) is 11.4. The number of rotatable bonds is 11. The Morgan fingerprint density at radius 1 is 1.39 bits per heavy atom. The lowest BCUT2D eigenvalue weighted by Crippen LogP contribution is -2.74. The minimum absolute atomic E-state index is 0.0353. The van der Waals surface area contributed by atoms with Crippen LogP contribution in [0.2, 0.25) is 0 Å². The minimum atomic E-state index is -5.08. The summed E-state index contributed by atoms with van der Waals surface area (Å²) in [5, 5.41) is 9.79. The molecule has 2 rings (SSSR count). The summed E-state index contributed by atoms with van der Waals surface area (Å²) in [5.41, 5.74) is -0.442. The lowest BCUT2D eigenvalue weighted by molar-refractivity contribution is -0.162. The molecule has 14 nitrogen and oxygen atoms in total. The molecule has 0 bridgehead atoms. The van der Waals surface area contributed by atoms with Crippen LogP contribution in [-0.4, -0.2) is 83.3 Å². The van der Waals surface area contributed by atoms with E-state index in [4.69, 9.17) is 16.4 Å². The molecule has 1 aliphatic heterocycles. The first kappa shape index (κ1) is 26.4. The van der Waals surface area contributed by atoms with E-state index in [-0.39, 0.29) is 27.6 Å². The van der Waals surface area contributed by atoms with Gasteiger partial charge in [-0.15, -0.1) is 22.9 Å². The Labute approximate surface area is 197 Å². The molecule has 1 aromatic heterocycles. The summed E-state index contributed by atoms with van der Waals surface area (Å²) in [6.45, 7) is 2.07. The van der Waals surface area contributed by atoms with Crippen molar-refractivity contribution in [2.75, 3.05) is 24.9 Å². The van der Waals surface area contributed by atoms with Crippen molar-refractivity contribution in [2.45, 2.75) is 31.8 Å². The first-order chi connectivity index (χ1) is 15.5. The van der Waals surface area contributed by atoms with Crippen LogP contribution in [0.5, 0.6) is 0 Å². The zero-order valence-electron chi connectivity index (χ0n) is 17.3. The van der Waals surface area contributed by atoms with Gasteiger partial charge in [0.05, 0.1) is 7.11 Å². The topological polar surface area (TPSA) is 194 Å². The van der Waals surface area contributed by atoms with Crippen molar-refractivity contribution < 1.29 is 41.7 Å². The highest BCUT2D eigenvalue weighted by molar-refractivity contribution is 7.84. The molecule has 1 fully saturated rings. The molecular formula is C16H20ClN5O9S2. The van der Waals surface area contributed by atoms with Crippen LogP contribution in [0.15, 0.2) is 10.5 Å². The zero-order valence-corrected chi connectivity index (χ0v) is 19.7. The number of alkyl halides is 1. The van der Waals surface area contributed by atoms with Crippen molar-refractivity contribution in [3.05, 3.63) is 11.1 Å². The third kappa shape index (κ3) is 6.37. The highest BCUT2D eigenvalue weighted by atomic mass is 35.5. The number of ether oxygens (including phenoxy) is 1. The average Bonchev–Trinajstić information content (AvgIpc) is 3.21. The molecule has 2 unspecified atom stereocenters. The molecule has 2 heterocycles. The minimum Gasteiger partial charge on any atom is -0.467 e. The van der Waals surface area contributed by atoms with Crippen LogP contribution in [0.25, 0.3) is 0 Å². The van der Waals surface area contributed by atoms with E-state index in [1.807, 2.05) is 6.92 Å². The third-order valence-electron chi connectivity index (χ3n) is 4.10. The Bertz CT molecular complexity index is 1060. The van der Waals surface area contributed by atoms with Gasteiger partial charge >= 0.3 is 16.3 Å². The first-order valence-corrected chi connectivity index (χ1v) is 12.1. The van der Waals surface area contributed by atoms with Crippen molar-refractivity contribution in [2.24, 2.45) is 5.16 Å². The van der Waals surface area contributed by atoms with Crippen LogP contribution in [0.1, 0.15) is 25.5 Å². The summed E-state index contributed by atoms with van der Waals surface area (Å²) in [4.78, 5) is 57.6. The van der Waals surface area contributed by atoms with Gasteiger partial charge in [0.25, 0.3) is 11.8 Å². The fourth-order valence-electron chi connectivity index (χ4n) is 2.54. The van der Waals surface area contributed by atoms with Crippen molar-refractivity contribution in [1.29, 1.82) is 0 Å². The van der Waals surface area contributed by atoms with Gasteiger partial charge in [-0.3, -0.25) is 18.9 Å². The van der Waals surface area contributed by atoms with Gasteiger partial charge in [-0.05, 0) is 6.42 Å². The smallest absolute Gasteiger partial charge is 0.363 e. The third-order valence-corrected chi connectivity index (χ3v) is 6.01. The number of carbonyl (C=O) groups excluding carboxylic acids is 4. The summed E-state index contributed by atoms with van der Waals surface area (Å²) in [7, 11) is -4.14. The van der Waals surface area contributed by atoms with E-state index in [0.717, 1.165) is 24.9 Å². The number of amides is 3. The molecule has 1 aromatic rings. The number of anilines is 1. The zero-order chi connectivity index (χ0) is 24.8. The number of unbranched alkanes of at least 4 members (excludes halogenated alkanes) is 1. The molecule has 2 atom stereocenters. The van der Waals surface area contributed by atoms with Crippen LogP contribution in [-0.2, 0) is 39.1 Å². The number of esters is 1. The molecule has 0 aliphatic carbocycles. The monoisotopic (exact) mass is 525 g/mol. The number of oxime groups is 1. The van der Waals surface area contributed by atoms with Gasteiger partial charge in [0, 0.05) is 5.38 Å². The lowest BCUT2D eigenvalue weighted by Gasteiger charge is -2.41. The Kier molecular flexibility index (Phi) is 9.09. The normalized spacial score (nSPS) is 18.4. The van der Waals surface area contributed by atoms with Crippen LogP contribution in [0, 0.1) is 0 Å². The van der Waals surface area contributed by atoms with E-state index in [9.17, 15) is 32.1 Å². The van der Waals surface area contributed by atoms with Crippen molar-refractivity contribution in [3.8, 4) is 0 Å². The fraction of sp³-hybridized carbons (Fsp3) is 0.500. The highest BCUT2D eigenvalue weighted by Crippen LogP contribution is 2.25. The molecule has 17 heteroatoms. The van der Waals surface area contributed by atoms with Crippen molar-refractivity contribution in [1.82, 2.24) is 14.6 Å². The van der Waals surface area contributed by atoms with Crippen LogP contribution in [0.4, 0.5) is 5.13 Å². The molecule has 0 aromatic carbocycles. The van der Waals surface area contributed by atoms with Gasteiger partial charge in [-0.2, -0.15) is 12.7 Å². The summed E-state index contributed by atoms with van der Waals surface area (Å²) in [6, 6.07) is -3.49. The molecule has 0 spiro atoms. The average molecular weight is 526 g/mol. The molecular weight excluding hydrogens is 506 g/mol. The van der Waals surface area contributed by atoms with Gasteiger partial charge in [-0.25, -0.2) is 9.78 Å². The van der Waals surface area contributed by atoms with E-state index in [1.165, 1.54) is 5.38 Å². The number of β-lactam (4-membered cyclic amide) rings is 1. The van der Waals surface area contributed by atoms with Gasteiger partial charge in [0.15, 0.2) is 16.9 Å². The second-order valence-corrected chi connectivity index (χ2v) is 8.79. The molecule has 182 valence electrons. The molecule has 0 radical (unpaired) electrons. The maximum atomic E-state index is 12.9. The maximum absolute atomic E-state index is 12.9. The van der Waals surface area contributed by atoms with Crippen molar-refractivity contribution in [3.63, 3.8) is 0 Å². The number of hydrogen-bond donors (Lipinski definition) is 3. The molecule has 1 saturated heterocycles. The molecule has 3 N–H and O–H groups in total. The quantitative estimate of drug-likeness (QED) is 0.0645. The first-order valence-electron chi connectivity index (χ1n) is 9.26. The number of halogens is 1. The predicted molar refractivity (Wildman–Crippen MR) is 115 cm³/mol. The van der Waals surface area contributed by atoms with E-state index in [0.29, 0.717) is 6.42 Å². The summed E-state index contributed by atoms with van der Waals surface area (Å²) < 4.78 is 36.3. The van der Waals surface area contributed by atoms with E-state index < -0.39 is 51.8 Å². The van der Waals surface area contributed by atoms with E-state index in [1.54, 1.807) is 0 Å². The van der Waals surface area contributed by atoms with Crippen LogP contribution < -0.4 is 10.6 Å². The summed E-state index contributed by atoms with van der Waals surface area (Å²) in [6.07, 6.45) is 1.41. The number of carbonyl (C=O) groups is 4. The number of aromatic nitrogens is 1.